The van der Waals surface area contributed by atoms with Crippen molar-refractivity contribution in [3.63, 3.8) is 0 Å². The number of fused-ring (bicyclic) bond motifs is 1. The number of benzene rings is 2. The Morgan fingerprint density at radius 1 is 1.23 bits per heavy atom. The second kappa shape index (κ2) is 8.83. The summed E-state index contributed by atoms with van der Waals surface area (Å²) in [5.41, 5.74) is 2.77. The number of hydrogen-bond donors (Lipinski definition) is 1. The van der Waals surface area contributed by atoms with Crippen LogP contribution in [0.2, 0.25) is 0 Å². The van der Waals surface area contributed by atoms with Crippen LogP contribution in [0.15, 0.2) is 48.5 Å². The van der Waals surface area contributed by atoms with Crippen molar-refractivity contribution in [2.24, 2.45) is 5.92 Å². The molecule has 1 aliphatic heterocycles. The van der Waals surface area contributed by atoms with Crippen molar-refractivity contribution in [3.05, 3.63) is 54.1 Å². The van der Waals surface area contributed by atoms with E-state index in [1.54, 1.807) is 30.2 Å². The molecule has 0 bridgehead atoms. The summed E-state index contributed by atoms with van der Waals surface area (Å²) in [6, 6.07) is 15.8. The summed E-state index contributed by atoms with van der Waals surface area (Å²) in [4.78, 5) is 33.0. The lowest BCUT2D eigenvalue weighted by molar-refractivity contribution is -0.128. The number of nitrogens with zero attached hydrogens (tertiary/aromatic N) is 3. The van der Waals surface area contributed by atoms with E-state index in [2.05, 4.69) is 16.3 Å². The minimum Gasteiger partial charge on any atom is -0.347 e. The highest BCUT2D eigenvalue weighted by Crippen LogP contribution is 2.31. The molecule has 1 unspecified atom stereocenters. The van der Waals surface area contributed by atoms with Crippen molar-refractivity contribution >= 4 is 44.2 Å². The van der Waals surface area contributed by atoms with Crippen LogP contribution in [0, 0.1) is 5.92 Å². The summed E-state index contributed by atoms with van der Waals surface area (Å²) in [6.07, 6.45) is 1.84. The largest absolute Gasteiger partial charge is 0.347 e. The molecule has 156 valence electrons. The quantitative estimate of drug-likeness (QED) is 0.671. The normalized spacial score (nSPS) is 16.5. The number of hydrogen-bond acceptors (Lipinski definition) is 5. The number of piperidine rings is 1. The minimum absolute atomic E-state index is 0.0154. The first-order valence-corrected chi connectivity index (χ1v) is 11.0. The molecular formula is C23H26N4O2S. The maximum absolute atomic E-state index is 12.9. The van der Waals surface area contributed by atoms with Crippen LogP contribution in [-0.4, -0.2) is 41.8 Å². The van der Waals surface area contributed by atoms with Gasteiger partial charge in [0.25, 0.3) is 0 Å². The maximum Gasteiger partial charge on any atom is 0.229 e. The number of para-hydroxylation sites is 1. The fourth-order valence-corrected chi connectivity index (χ4v) is 4.74. The molecule has 2 heterocycles. The molecule has 1 aromatic heterocycles. The SMILES string of the molecule is CC(=O)N(C)Cc1cccc(NC(=O)C2CCCN(c3nc4ccccc4s3)C2)c1. The summed E-state index contributed by atoms with van der Waals surface area (Å²) in [5, 5.41) is 4.06. The van der Waals surface area contributed by atoms with Gasteiger partial charge in [-0.25, -0.2) is 4.98 Å². The second-order valence-electron chi connectivity index (χ2n) is 7.81. The Balaban J connectivity index is 1.41. The summed E-state index contributed by atoms with van der Waals surface area (Å²) < 4.78 is 1.17. The Labute approximate surface area is 180 Å². The second-order valence-corrected chi connectivity index (χ2v) is 8.82. The molecule has 0 saturated carbocycles. The molecule has 3 aromatic rings. The Morgan fingerprint density at radius 3 is 2.87 bits per heavy atom. The molecule has 1 fully saturated rings. The fourth-order valence-electron chi connectivity index (χ4n) is 3.74. The van der Waals surface area contributed by atoms with Crippen LogP contribution in [0.3, 0.4) is 0 Å². The lowest BCUT2D eigenvalue weighted by Crippen LogP contribution is -2.40. The Hall–Kier alpha value is -2.93. The van der Waals surface area contributed by atoms with Crippen LogP contribution >= 0.6 is 11.3 Å². The number of rotatable bonds is 5. The van der Waals surface area contributed by atoms with Gasteiger partial charge in [0.2, 0.25) is 11.8 Å². The van der Waals surface area contributed by atoms with E-state index in [-0.39, 0.29) is 17.7 Å². The fraction of sp³-hybridized carbons (Fsp3) is 0.348. The lowest BCUT2D eigenvalue weighted by atomic mass is 9.97. The smallest absolute Gasteiger partial charge is 0.229 e. The number of carbonyl (C=O) groups excluding carboxylic acids is 2. The molecule has 6 nitrogen and oxygen atoms in total. The number of anilines is 2. The number of amides is 2. The third-order valence-corrected chi connectivity index (χ3v) is 6.59. The first kappa shape index (κ1) is 20.3. The number of nitrogens with one attached hydrogen (secondary N) is 1. The van der Waals surface area contributed by atoms with E-state index in [0.29, 0.717) is 13.1 Å². The van der Waals surface area contributed by atoms with Crippen molar-refractivity contribution in [1.82, 2.24) is 9.88 Å². The highest BCUT2D eigenvalue weighted by molar-refractivity contribution is 7.22. The predicted molar refractivity (Wildman–Crippen MR) is 122 cm³/mol. The van der Waals surface area contributed by atoms with Gasteiger partial charge in [0, 0.05) is 39.3 Å². The van der Waals surface area contributed by atoms with Gasteiger partial charge in [0.05, 0.1) is 16.1 Å². The van der Waals surface area contributed by atoms with Crippen LogP contribution in [0.5, 0.6) is 0 Å². The summed E-state index contributed by atoms with van der Waals surface area (Å²) in [7, 11) is 1.77. The third-order valence-electron chi connectivity index (χ3n) is 5.50. The van der Waals surface area contributed by atoms with Crippen molar-refractivity contribution < 1.29 is 9.59 Å². The average molecular weight is 423 g/mol. The van der Waals surface area contributed by atoms with Crippen molar-refractivity contribution in [2.45, 2.75) is 26.3 Å². The molecule has 2 amide bonds. The number of carbonyl (C=O) groups is 2. The molecule has 0 aliphatic carbocycles. The molecule has 1 aliphatic rings. The van der Waals surface area contributed by atoms with E-state index in [1.165, 1.54) is 4.70 Å². The van der Waals surface area contributed by atoms with Gasteiger partial charge >= 0.3 is 0 Å². The zero-order chi connectivity index (χ0) is 21.1. The van der Waals surface area contributed by atoms with E-state index >= 15 is 0 Å². The minimum atomic E-state index is -0.0747. The van der Waals surface area contributed by atoms with Gasteiger partial charge < -0.3 is 15.1 Å². The standard InChI is InChI=1S/C23H26N4O2S/c1-16(28)26(2)14-17-7-5-9-19(13-17)24-22(29)18-8-6-12-27(15-18)23-25-20-10-3-4-11-21(20)30-23/h3-5,7,9-11,13,18H,6,8,12,14-15H2,1-2H3,(H,24,29). The van der Waals surface area contributed by atoms with Gasteiger partial charge in [0.1, 0.15) is 0 Å². The van der Waals surface area contributed by atoms with Crippen molar-refractivity contribution in [3.8, 4) is 0 Å². The van der Waals surface area contributed by atoms with Crippen LogP contribution in [0.4, 0.5) is 10.8 Å². The molecule has 2 aromatic carbocycles. The highest BCUT2D eigenvalue weighted by Gasteiger charge is 2.27. The van der Waals surface area contributed by atoms with Crippen molar-refractivity contribution in [1.29, 1.82) is 0 Å². The van der Waals surface area contributed by atoms with Gasteiger partial charge in [0.15, 0.2) is 5.13 Å². The van der Waals surface area contributed by atoms with Crippen LogP contribution in [0.25, 0.3) is 10.2 Å². The van der Waals surface area contributed by atoms with E-state index in [1.807, 2.05) is 42.5 Å². The predicted octanol–water partition coefficient (Wildman–Crippen LogP) is 4.13. The third kappa shape index (κ3) is 4.62. The van der Waals surface area contributed by atoms with Crippen LogP contribution in [-0.2, 0) is 16.1 Å². The van der Waals surface area contributed by atoms with Gasteiger partial charge in [-0.15, -0.1) is 0 Å². The van der Waals surface area contributed by atoms with Gasteiger partial charge in [-0.2, -0.15) is 0 Å². The first-order valence-electron chi connectivity index (χ1n) is 10.2. The van der Waals surface area contributed by atoms with Gasteiger partial charge in [-0.05, 0) is 42.7 Å². The first-order chi connectivity index (χ1) is 14.5. The maximum atomic E-state index is 12.9. The summed E-state index contributed by atoms with van der Waals surface area (Å²) >= 11 is 1.68. The van der Waals surface area contributed by atoms with Crippen LogP contribution in [0.1, 0.15) is 25.3 Å². The molecule has 30 heavy (non-hydrogen) atoms. The Kier molecular flexibility index (Phi) is 5.99. The number of aromatic nitrogens is 1. The van der Waals surface area contributed by atoms with E-state index < -0.39 is 0 Å². The van der Waals surface area contributed by atoms with Crippen LogP contribution < -0.4 is 10.2 Å². The van der Waals surface area contributed by atoms with E-state index in [0.717, 1.165) is 41.3 Å². The lowest BCUT2D eigenvalue weighted by Gasteiger charge is -2.31. The van der Waals surface area contributed by atoms with Gasteiger partial charge in [-0.1, -0.05) is 35.6 Å². The monoisotopic (exact) mass is 422 g/mol. The Bertz CT molecular complexity index is 1030. The molecule has 4 rings (SSSR count). The number of thiazole rings is 1. The zero-order valence-electron chi connectivity index (χ0n) is 17.3. The van der Waals surface area contributed by atoms with E-state index in [9.17, 15) is 9.59 Å². The molecule has 1 N–H and O–H groups in total. The molecule has 1 saturated heterocycles. The van der Waals surface area contributed by atoms with Gasteiger partial charge in [-0.3, -0.25) is 9.59 Å². The molecule has 1 atom stereocenters. The van der Waals surface area contributed by atoms with E-state index in [4.69, 9.17) is 4.98 Å². The van der Waals surface area contributed by atoms with Crippen molar-refractivity contribution in [2.75, 3.05) is 30.4 Å². The molecule has 0 spiro atoms. The molecule has 7 heteroatoms. The Morgan fingerprint density at radius 2 is 2.07 bits per heavy atom. The molecule has 0 radical (unpaired) electrons. The topological polar surface area (TPSA) is 65.5 Å². The zero-order valence-corrected chi connectivity index (χ0v) is 18.1. The summed E-state index contributed by atoms with van der Waals surface area (Å²) in [5.74, 6) is -0.0196. The highest BCUT2D eigenvalue weighted by atomic mass is 32.1. The summed E-state index contributed by atoms with van der Waals surface area (Å²) in [6.45, 7) is 3.68. The molecular weight excluding hydrogens is 396 g/mol. The average Bonchev–Trinajstić information content (AvgIpc) is 3.18.